The van der Waals surface area contributed by atoms with Crippen LogP contribution in [0.4, 0.5) is 0 Å². The highest BCUT2D eigenvalue weighted by atomic mass is 17.9. The van der Waals surface area contributed by atoms with E-state index in [1.165, 1.54) is 0 Å². The van der Waals surface area contributed by atoms with Crippen LogP contribution in [0.15, 0.2) is 0 Å². The molecule has 1 N–H and O–H groups in total. The topological polar surface area (TPSA) is 84.8 Å². The van der Waals surface area contributed by atoms with Crippen LogP contribution in [0.3, 0.4) is 0 Å². The third-order valence-electron chi connectivity index (χ3n) is 1.27. The highest BCUT2D eigenvalue weighted by Crippen LogP contribution is 1.99. The van der Waals surface area contributed by atoms with E-state index in [2.05, 4.69) is 42.0 Å². The molecule has 0 amide bonds. The standard InChI is InChI=1S/C6H14O8/c1-2-3-4-5-6-8-10-12-14-13-11-9-7/h7H,2-6H2,1H3. The van der Waals surface area contributed by atoms with Crippen LogP contribution in [-0.2, 0) is 35.1 Å². The summed E-state index contributed by atoms with van der Waals surface area (Å²) < 4.78 is 0. The van der Waals surface area contributed by atoms with Crippen molar-refractivity contribution in [1.82, 2.24) is 0 Å². The van der Waals surface area contributed by atoms with E-state index in [0.717, 1.165) is 25.7 Å². The van der Waals surface area contributed by atoms with E-state index in [9.17, 15) is 0 Å². The molecule has 0 aliphatic heterocycles. The minimum atomic E-state index is 0.376. The average molecular weight is 214 g/mol. The van der Waals surface area contributed by atoms with Gasteiger partial charge in [0.15, 0.2) is 0 Å². The first-order valence-corrected chi connectivity index (χ1v) is 4.18. The Morgan fingerprint density at radius 1 is 0.857 bits per heavy atom. The minimum absolute atomic E-state index is 0.376. The fraction of sp³-hybridized carbons (Fsp3) is 1.00. The number of hydrogen-bond acceptors (Lipinski definition) is 8. The molecule has 0 aliphatic carbocycles. The van der Waals surface area contributed by atoms with Gasteiger partial charge in [0.2, 0.25) is 0 Å². The highest BCUT2D eigenvalue weighted by Gasteiger charge is 1.93. The number of unbranched alkanes of at least 4 members (excludes halogenated alkanes) is 3. The van der Waals surface area contributed by atoms with Gasteiger partial charge >= 0.3 is 0 Å². The van der Waals surface area contributed by atoms with Gasteiger partial charge in [-0.15, -0.1) is 0 Å². The predicted molar refractivity (Wildman–Crippen MR) is 39.2 cm³/mol. The Balaban J connectivity index is 2.78. The number of hydrogen-bond donors (Lipinski definition) is 1. The van der Waals surface area contributed by atoms with Gasteiger partial charge in [-0.1, -0.05) is 26.2 Å². The maximum Gasteiger partial charge on any atom is 0.0855 e. The largest absolute Gasteiger partial charge is 0.219 e. The molecule has 0 fully saturated rings. The molecule has 0 aliphatic rings. The van der Waals surface area contributed by atoms with Crippen molar-refractivity contribution in [3.05, 3.63) is 0 Å². The highest BCUT2D eigenvalue weighted by molar-refractivity contribution is 4.36. The summed E-state index contributed by atoms with van der Waals surface area (Å²) in [6.45, 7) is 2.48. The van der Waals surface area contributed by atoms with Crippen molar-refractivity contribution < 1.29 is 40.4 Å². The molecule has 0 radical (unpaired) electrons. The molecule has 0 bridgehead atoms. The Bertz CT molecular complexity index is 87.8. The summed E-state index contributed by atoms with van der Waals surface area (Å²) in [5.74, 6) is 0. The molecule has 0 aromatic heterocycles. The molecular formula is C6H14O8. The molecule has 8 heteroatoms. The van der Waals surface area contributed by atoms with Gasteiger partial charge in [-0.2, -0.15) is 0 Å². The van der Waals surface area contributed by atoms with E-state index in [-0.39, 0.29) is 0 Å². The van der Waals surface area contributed by atoms with E-state index in [0.29, 0.717) is 6.61 Å². The lowest BCUT2D eigenvalue weighted by Gasteiger charge is -1.99. The molecule has 86 valence electrons. The molecule has 0 rings (SSSR count). The van der Waals surface area contributed by atoms with E-state index < -0.39 is 0 Å². The Kier molecular flexibility index (Phi) is 12.4. The monoisotopic (exact) mass is 214 g/mol. The van der Waals surface area contributed by atoms with Crippen LogP contribution in [0.1, 0.15) is 32.6 Å². The van der Waals surface area contributed by atoms with Crippen LogP contribution in [-0.4, -0.2) is 11.9 Å². The zero-order valence-corrected chi connectivity index (χ0v) is 7.84. The molecule has 14 heavy (non-hydrogen) atoms. The fourth-order valence-corrected chi connectivity index (χ4v) is 0.688. The Morgan fingerprint density at radius 2 is 1.57 bits per heavy atom. The summed E-state index contributed by atoms with van der Waals surface area (Å²) in [7, 11) is 0. The SMILES string of the molecule is CCCCCCOOOOOOOO. The summed E-state index contributed by atoms with van der Waals surface area (Å²) in [5.41, 5.74) is 0. The molecule has 0 unspecified atom stereocenters. The fourth-order valence-electron chi connectivity index (χ4n) is 0.688. The van der Waals surface area contributed by atoms with Crippen molar-refractivity contribution in [2.24, 2.45) is 0 Å². The zero-order chi connectivity index (χ0) is 10.5. The lowest BCUT2D eigenvalue weighted by atomic mass is 10.2. The van der Waals surface area contributed by atoms with E-state index in [1.54, 1.807) is 0 Å². The second kappa shape index (κ2) is 12.7. The molecular weight excluding hydrogens is 200 g/mol. The second-order valence-electron chi connectivity index (χ2n) is 2.30. The Labute approximate surface area is 80.7 Å². The van der Waals surface area contributed by atoms with Gasteiger partial charge in [0.25, 0.3) is 0 Å². The molecule has 0 saturated carbocycles. The summed E-state index contributed by atoms with van der Waals surface area (Å²) in [6, 6.07) is 0. The number of rotatable bonds is 11. The van der Waals surface area contributed by atoms with Crippen molar-refractivity contribution >= 4 is 0 Å². The van der Waals surface area contributed by atoms with Crippen LogP contribution in [0, 0.1) is 0 Å². The van der Waals surface area contributed by atoms with Gasteiger partial charge < -0.3 is 0 Å². The first-order valence-electron chi connectivity index (χ1n) is 4.18. The van der Waals surface area contributed by atoms with Gasteiger partial charge in [-0.05, 0) is 36.7 Å². The third-order valence-corrected chi connectivity index (χ3v) is 1.27. The Hall–Kier alpha value is -0.320. The predicted octanol–water partition coefficient (Wildman–Crippen LogP) is 1.65. The van der Waals surface area contributed by atoms with Crippen molar-refractivity contribution in [3.63, 3.8) is 0 Å². The van der Waals surface area contributed by atoms with Crippen molar-refractivity contribution in [2.45, 2.75) is 32.6 Å². The molecule has 8 nitrogen and oxygen atoms in total. The lowest BCUT2D eigenvalue weighted by Crippen LogP contribution is -2.01. The first kappa shape index (κ1) is 13.7. The van der Waals surface area contributed by atoms with Gasteiger partial charge in [0.1, 0.15) is 0 Å². The maximum absolute atomic E-state index is 7.53. The second-order valence-corrected chi connectivity index (χ2v) is 2.30. The molecule has 0 aromatic carbocycles. The van der Waals surface area contributed by atoms with Crippen LogP contribution in [0.5, 0.6) is 0 Å². The zero-order valence-electron chi connectivity index (χ0n) is 7.84. The summed E-state index contributed by atoms with van der Waals surface area (Å²) in [5, 5.41) is 28.8. The van der Waals surface area contributed by atoms with Gasteiger partial charge in [-0.25, -0.2) is 10.1 Å². The van der Waals surface area contributed by atoms with Gasteiger partial charge in [0, 0.05) is 0 Å². The summed E-state index contributed by atoms with van der Waals surface area (Å²) in [4.78, 5) is 4.47. The smallest absolute Gasteiger partial charge is 0.0855 e. The normalized spacial score (nSPS) is 10.7. The van der Waals surface area contributed by atoms with Crippen molar-refractivity contribution in [1.29, 1.82) is 0 Å². The minimum Gasteiger partial charge on any atom is -0.219 e. The molecule has 0 heterocycles. The molecule has 0 saturated heterocycles. The maximum atomic E-state index is 7.53. The van der Waals surface area contributed by atoms with Crippen LogP contribution >= 0.6 is 0 Å². The molecule has 0 atom stereocenters. The first-order chi connectivity index (χ1) is 6.91. The van der Waals surface area contributed by atoms with Crippen LogP contribution < -0.4 is 0 Å². The van der Waals surface area contributed by atoms with E-state index in [1.807, 2.05) is 0 Å². The van der Waals surface area contributed by atoms with E-state index >= 15 is 0 Å². The van der Waals surface area contributed by atoms with Gasteiger partial charge in [-0.3, -0.25) is 0 Å². The molecule has 0 spiro atoms. The lowest BCUT2D eigenvalue weighted by molar-refractivity contribution is -0.812. The quantitative estimate of drug-likeness (QED) is 0.315. The van der Waals surface area contributed by atoms with Crippen LogP contribution in [0.2, 0.25) is 0 Å². The average Bonchev–Trinajstić information content (AvgIpc) is 2.21. The van der Waals surface area contributed by atoms with Crippen LogP contribution in [0.25, 0.3) is 0 Å². The third kappa shape index (κ3) is 11.7. The van der Waals surface area contributed by atoms with Crippen molar-refractivity contribution in [3.8, 4) is 0 Å². The van der Waals surface area contributed by atoms with Crippen molar-refractivity contribution in [2.75, 3.05) is 6.61 Å². The summed E-state index contributed by atoms with van der Waals surface area (Å²) >= 11 is 0. The Morgan fingerprint density at radius 3 is 2.29 bits per heavy atom. The van der Waals surface area contributed by atoms with Gasteiger partial charge in [0.05, 0.1) is 6.61 Å². The summed E-state index contributed by atoms with van der Waals surface area (Å²) in [6.07, 6.45) is 4.20. The van der Waals surface area contributed by atoms with E-state index in [4.69, 9.17) is 5.26 Å². The molecule has 0 aromatic rings.